The van der Waals surface area contributed by atoms with Gasteiger partial charge < -0.3 is 9.88 Å². The van der Waals surface area contributed by atoms with Crippen molar-refractivity contribution in [3.05, 3.63) is 41.1 Å². The summed E-state index contributed by atoms with van der Waals surface area (Å²) in [7, 11) is 0. The minimum atomic E-state index is 0.293. The third-order valence-electron chi connectivity index (χ3n) is 4.99. The van der Waals surface area contributed by atoms with E-state index in [0.717, 1.165) is 48.3 Å². The van der Waals surface area contributed by atoms with Crippen LogP contribution in [0.3, 0.4) is 0 Å². The number of aromatic amines is 1. The summed E-state index contributed by atoms with van der Waals surface area (Å²) in [5, 5.41) is 1.92. The van der Waals surface area contributed by atoms with Crippen LogP contribution in [0.25, 0.3) is 16.5 Å². The molecular weight excluding hydrogens is 296 g/mol. The summed E-state index contributed by atoms with van der Waals surface area (Å²) >= 11 is 6.23. The zero-order valence-corrected chi connectivity index (χ0v) is 13.2. The summed E-state index contributed by atoms with van der Waals surface area (Å²) < 4.78 is 0. The Bertz CT molecular complexity index is 758. The van der Waals surface area contributed by atoms with Gasteiger partial charge in [-0.15, -0.1) is 0 Å². The van der Waals surface area contributed by atoms with Crippen LogP contribution < -0.4 is 0 Å². The number of halogens is 1. The molecule has 2 aliphatic rings. The first-order chi connectivity index (χ1) is 10.7. The van der Waals surface area contributed by atoms with Gasteiger partial charge in [-0.2, -0.15) is 0 Å². The van der Waals surface area contributed by atoms with E-state index in [1.165, 1.54) is 17.6 Å². The van der Waals surface area contributed by atoms with Crippen LogP contribution in [0.2, 0.25) is 5.02 Å². The van der Waals surface area contributed by atoms with Crippen molar-refractivity contribution in [1.29, 1.82) is 0 Å². The van der Waals surface area contributed by atoms with Crippen molar-refractivity contribution in [1.82, 2.24) is 9.88 Å². The summed E-state index contributed by atoms with van der Waals surface area (Å²) in [5.74, 6) is 0.644. The molecule has 2 heterocycles. The second-order valence-electron chi connectivity index (χ2n) is 6.26. The molecule has 1 N–H and O–H groups in total. The second-order valence-corrected chi connectivity index (χ2v) is 6.66. The number of benzene rings is 1. The van der Waals surface area contributed by atoms with Crippen molar-refractivity contribution in [2.75, 3.05) is 13.1 Å². The first-order valence-electron chi connectivity index (χ1n) is 7.98. The van der Waals surface area contributed by atoms with E-state index in [1.807, 2.05) is 23.2 Å². The second kappa shape index (κ2) is 5.47. The largest absolute Gasteiger partial charge is 0.359 e. The molecule has 22 heavy (non-hydrogen) atoms. The number of aromatic nitrogens is 1. The van der Waals surface area contributed by atoms with Gasteiger partial charge in [0.1, 0.15) is 0 Å². The highest BCUT2D eigenvalue weighted by Crippen LogP contribution is 2.33. The van der Waals surface area contributed by atoms with Crippen LogP contribution in [0.15, 0.2) is 30.5 Å². The standard InChI is InChI=1S/C18H19ClN2O/c19-16-6-2-5-14-15(11-20-17(14)16)12-7-9-21(10-8-12)18(22)13-3-1-4-13/h2,5-7,11,13,20H,1,3-4,8-10H2. The number of nitrogens with zero attached hydrogens (tertiary/aromatic N) is 1. The number of carbonyl (C=O) groups is 1. The van der Waals surface area contributed by atoms with E-state index >= 15 is 0 Å². The molecule has 0 unspecified atom stereocenters. The fraction of sp³-hybridized carbons (Fsp3) is 0.389. The highest BCUT2D eigenvalue weighted by molar-refractivity contribution is 6.35. The molecule has 2 aromatic rings. The summed E-state index contributed by atoms with van der Waals surface area (Å²) in [6.07, 6.45) is 8.51. The predicted octanol–water partition coefficient (Wildman–Crippen LogP) is 4.24. The number of fused-ring (bicyclic) bond motifs is 1. The summed E-state index contributed by atoms with van der Waals surface area (Å²) in [4.78, 5) is 17.6. The lowest BCUT2D eigenvalue weighted by Crippen LogP contribution is -2.41. The molecule has 0 radical (unpaired) electrons. The Hall–Kier alpha value is -1.74. The summed E-state index contributed by atoms with van der Waals surface area (Å²) in [5.41, 5.74) is 3.52. The monoisotopic (exact) mass is 314 g/mol. The maximum Gasteiger partial charge on any atom is 0.225 e. The number of nitrogens with one attached hydrogen (secondary N) is 1. The average Bonchev–Trinajstić information content (AvgIpc) is 2.91. The van der Waals surface area contributed by atoms with Crippen molar-refractivity contribution < 1.29 is 4.79 Å². The van der Waals surface area contributed by atoms with Gasteiger partial charge in [0.25, 0.3) is 0 Å². The van der Waals surface area contributed by atoms with E-state index in [9.17, 15) is 4.79 Å². The number of rotatable bonds is 2. The van der Waals surface area contributed by atoms with Crippen LogP contribution in [-0.2, 0) is 4.79 Å². The fourth-order valence-electron chi connectivity index (χ4n) is 3.41. The molecular formula is C18H19ClN2O. The van der Waals surface area contributed by atoms with Gasteiger partial charge in [-0.3, -0.25) is 4.79 Å². The minimum Gasteiger partial charge on any atom is -0.359 e. The lowest BCUT2D eigenvalue weighted by atomic mass is 9.84. The fourth-order valence-corrected chi connectivity index (χ4v) is 3.64. The average molecular weight is 315 g/mol. The van der Waals surface area contributed by atoms with E-state index in [-0.39, 0.29) is 0 Å². The summed E-state index contributed by atoms with van der Waals surface area (Å²) in [6, 6.07) is 5.98. The molecule has 0 bridgehead atoms. The van der Waals surface area contributed by atoms with Crippen molar-refractivity contribution in [2.24, 2.45) is 5.92 Å². The number of para-hydroxylation sites is 1. The van der Waals surface area contributed by atoms with Gasteiger partial charge in [0.15, 0.2) is 0 Å². The van der Waals surface area contributed by atoms with Crippen LogP contribution in [0.1, 0.15) is 31.2 Å². The number of amides is 1. The Kier molecular flexibility index (Phi) is 3.45. The van der Waals surface area contributed by atoms with Crippen molar-refractivity contribution in [3.63, 3.8) is 0 Å². The Balaban J connectivity index is 1.57. The van der Waals surface area contributed by atoms with E-state index in [1.54, 1.807) is 0 Å². The Morgan fingerprint density at radius 2 is 2.18 bits per heavy atom. The van der Waals surface area contributed by atoms with Crippen molar-refractivity contribution in [2.45, 2.75) is 25.7 Å². The zero-order chi connectivity index (χ0) is 15.1. The molecule has 4 rings (SSSR count). The predicted molar refractivity (Wildman–Crippen MR) is 89.8 cm³/mol. The molecule has 3 nitrogen and oxygen atoms in total. The molecule has 1 amide bonds. The molecule has 1 aliphatic carbocycles. The highest BCUT2D eigenvalue weighted by Gasteiger charge is 2.30. The molecule has 1 saturated carbocycles. The van der Waals surface area contributed by atoms with Gasteiger partial charge in [-0.05, 0) is 30.9 Å². The van der Waals surface area contributed by atoms with Crippen LogP contribution >= 0.6 is 11.6 Å². The van der Waals surface area contributed by atoms with Crippen molar-refractivity contribution >= 4 is 34.0 Å². The molecule has 1 aliphatic heterocycles. The van der Waals surface area contributed by atoms with Gasteiger partial charge in [-0.25, -0.2) is 0 Å². The molecule has 1 aromatic heterocycles. The Morgan fingerprint density at radius 3 is 2.86 bits per heavy atom. The topological polar surface area (TPSA) is 36.1 Å². The van der Waals surface area contributed by atoms with E-state index in [2.05, 4.69) is 17.1 Å². The van der Waals surface area contributed by atoms with Crippen molar-refractivity contribution in [3.8, 4) is 0 Å². The lowest BCUT2D eigenvalue weighted by molar-refractivity contribution is -0.137. The number of H-pyrrole nitrogens is 1. The first kappa shape index (κ1) is 13.9. The number of hydrogen-bond donors (Lipinski definition) is 1. The molecule has 0 spiro atoms. The smallest absolute Gasteiger partial charge is 0.225 e. The molecule has 1 fully saturated rings. The molecule has 0 atom stereocenters. The third kappa shape index (κ3) is 2.24. The van der Waals surface area contributed by atoms with Gasteiger partial charge >= 0.3 is 0 Å². The molecule has 1 aromatic carbocycles. The van der Waals surface area contributed by atoms with E-state index in [4.69, 9.17) is 11.6 Å². The Morgan fingerprint density at radius 1 is 1.32 bits per heavy atom. The number of hydrogen-bond acceptors (Lipinski definition) is 1. The quantitative estimate of drug-likeness (QED) is 0.884. The maximum absolute atomic E-state index is 12.3. The number of carbonyl (C=O) groups excluding carboxylic acids is 1. The molecule has 0 saturated heterocycles. The minimum absolute atomic E-state index is 0.293. The normalized spacial score (nSPS) is 19.1. The van der Waals surface area contributed by atoms with E-state index < -0.39 is 0 Å². The summed E-state index contributed by atoms with van der Waals surface area (Å²) in [6.45, 7) is 1.56. The Labute approximate surface area is 134 Å². The third-order valence-corrected chi connectivity index (χ3v) is 5.30. The van der Waals surface area contributed by atoms with Gasteiger partial charge in [0.05, 0.1) is 10.5 Å². The van der Waals surface area contributed by atoms with Gasteiger partial charge in [0, 0.05) is 36.2 Å². The van der Waals surface area contributed by atoms with Crippen LogP contribution in [-0.4, -0.2) is 28.9 Å². The SMILES string of the molecule is O=C(C1CCC1)N1CC=C(c2c[nH]c3c(Cl)cccc23)CC1. The van der Waals surface area contributed by atoms with Crippen LogP contribution in [0.5, 0.6) is 0 Å². The lowest BCUT2D eigenvalue weighted by Gasteiger charge is -2.33. The highest BCUT2D eigenvalue weighted by atomic mass is 35.5. The molecule has 114 valence electrons. The van der Waals surface area contributed by atoms with E-state index in [0.29, 0.717) is 11.8 Å². The van der Waals surface area contributed by atoms with Crippen LogP contribution in [0, 0.1) is 5.92 Å². The van der Waals surface area contributed by atoms with Gasteiger partial charge in [0.2, 0.25) is 5.91 Å². The first-order valence-corrected chi connectivity index (χ1v) is 8.35. The maximum atomic E-state index is 12.3. The van der Waals surface area contributed by atoms with Gasteiger partial charge in [-0.1, -0.05) is 36.2 Å². The zero-order valence-electron chi connectivity index (χ0n) is 12.4. The molecule has 4 heteroatoms. The van der Waals surface area contributed by atoms with Crippen LogP contribution in [0.4, 0.5) is 0 Å².